The van der Waals surface area contributed by atoms with Gasteiger partial charge in [0.05, 0.1) is 7.11 Å². The third-order valence-electron chi connectivity index (χ3n) is 1.24. The zero-order valence-corrected chi connectivity index (χ0v) is 6.36. The molecule has 0 fully saturated rings. The lowest BCUT2D eigenvalue weighted by Crippen LogP contribution is -2.26. The minimum Gasteiger partial charge on any atom is -0.461 e. The Bertz CT molecular complexity index is 189. The van der Waals surface area contributed by atoms with Gasteiger partial charge in [0.15, 0.2) is 0 Å². The number of likely N-dealkylation sites (N-methyl/N-ethyl adjacent to an activating group) is 1. The molecule has 0 spiro atoms. The van der Waals surface area contributed by atoms with Gasteiger partial charge >= 0.3 is 5.91 Å². The van der Waals surface area contributed by atoms with Crippen molar-refractivity contribution in [2.75, 3.05) is 21.0 Å². The summed E-state index contributed by atoms with van der Waals surface area (Å²) in [5.41, 5.74) is 0. The van der Waals surface area contributed by atoms with E-state index in [1.165, 1.54) is 20.4 Å². The van der Waals surface area contributed by atoms with Crippen LogP contribution in [0.15, 0.2) is 12.0 Å². The van der Waals surface area contributed by atoms with Crippen molar-refractivity contribution in [1.29, 1.82) is 0 Å². The number of amides is 1. The van der Waals surface area contributed by atoms with Gasteiger partial charge in [0.25, 0.3) is 0 Å². The molecule has 0 aromatic carbocycles. The molecule has 0 aliphatic carbocycles. The lowest BCUT2D eigenvalue weighted by Gasteiger charge is -2.12. The zero-order chi connectivity index (χ0) is 8.27. The number of hydrogen-bond acceptors (Lipinski definition) is 4. The molecule has 62 valence electrons. The number of nitrogens with zero attached hydrogens (tertiary/aromatic N) is 1. The molecule has 1 rings (SSSR count). The number of rotatable bonds is 2. The van der Waals surface area contributed by atoms with Crippen molar-refractivity contribution in [3.05, 3.63) is 12.0 Å². The Morgan fingerprint density at radius 1 is 1.82 bits per heavy atom. The van der Waals surface area contributed by atoms with Gasteiger partial charge in [0.2, 0.25) is 12.6 Å². The van der Waals surface area contributed by atoms with E-state index in [1.54, 1.807) is 0 Å². The molecule has 0 radical (unpaired) electrons. The molecule has 1 heterocycles. The number of hydrogen-bond donors (Lipinski definition) is 0. The highest BCUT2D eigenvalue weighted by molar-refractivity contribution is 5.90. The van der Waals surface area contributed by atoms with Crippen LogP contribution in [-0.2, 0) is 19.1 Å². The van der Waals surface area contributed by atoms with Crippen molar-refractivity contribution < 1.29 is 19.1 Å². The zero-order valence-electron chi connectivity index (χ0n) is 6.36. The summed E-state index contributed by atoms with van der Waals surface area (Å²) in [5, 5.41) is 1.06. The summed E-state index contributed by atoms with van der Waals surface area (Å²) in [5.74, 6) is -0.195. The lowest BCUT2D eigenvalue weighted by atomic mass is 10.5. The molecule has 0 N–H and O–H groups in total. The maximum atomic E-state index is 11.1. The van der Waals surface area contributed by atoms with E-state index in [-0.39, 0.29) is 18.5 Å². The van der Waals surface area contributed by atoms with Crippen molar-refractivity contribution in [2.24, 2.45) is 0 Å². The number of carbonyl (C=O) groups excluding carboxylic acids is 1. The first-order valence-corrected chi connectivity index (χ1v) is 3.02. The van der Waals surface area contributed by atoms with E-state index in [0.29, 0.717) is 0 Å². The monoisotopic (exact) mass is 159 g/mol. The third-order valence-corrected chi connectivity index (χ3v) is 1.24. The fourth-order valence-electron chi connectivity index (χ4n) is 0.591. The highest BCUT2D eigenvalue weighted by Gasteiger charge is 2.19. The topological polar surface area (TPSA) is 48.0 Å². The normalized spacial score (nSPS) is 14.9. The number of ether oxygens (including phenoxy) is 2. The standard InChI is InChI=1S/C6H9NO4/c1-7(9-2)6(8)5-3-10-4-11-5/h3H,4H2,1-2H3. The van der Waals surface area contributed by atoms with Gasteiger partial charge in [0.1, 0.15) is 6.26 Å². The fraction of sp³-hybridized carbons (Fsp3) is 0.500. The minimum absolute atomic E-state index is 0.0959. The summed E-state index contributed by atoms with van der Waals surface area (Å²) in [6.45, 7) is 0.0959. The average molecular weight is 159 g/mol. The van der Waals surface area contributed by atoms with Crippen molar-refractivity contribution in [3.63, 3.8) is 0 Å². The quantitative estimate of drug-likeness (QED) is 0.526. The molecule has 0 aromatic rings. The van der Waals surface area contributed by atoms with E-state index in [9.17, 15) is 4.79 Å². The molecular weight excluding hydrogens is 150 g/mol. The Kier molecular flexibility index (Phi) is 2.32. The molecule has 0 saturated heterocycles. The van der Waals surface area contributed by atoms with Crippen LogP contribution in [0.3, 0.4) is 0 Å². The molecule has 11 heavy (non-hydrogen) atoms. The highest BCUT2D eigenvalue weighted by atomic mass is 16.7. The summed E-state index contributed by atoms with van der Waals surface area (Å²) in [6.07, 6.45) is 1.26. The first-order chi connectivity index (χ1) is 5.25. The third kappa shape index (κ3) is 1.62. The minimum atomic E-state index is -0.356. The predicted octanol–water partition coefficient (Wildman–Crippen LogP) is -0.148. The molecule has 1 aliphatic rings. The van der Waals surface area contributed by atoms with Crippen LogP contribution in [0.2, 0.25) is 0 Å². The van der Waals surface area contributed by atoms with Gasteiger partial charge in [-0.1, -0.05) is 0 Å². The Hall–Kier alpha value is -1.23. The van der Waals surface area contributed by atoms with Gasteiger partial charge < -0.3 is 9.47 Å². The first-order valence-electron chi connectivity index (χ1n) is 3.02. The SMILES string of the molecule is CON(C)C(=O)C1=COCO1. The van der Waals surface area contributed by atoms with E-state index in [2.05, 4.69) is 9.57 Å². The van der Waals surface area contributed by atoms with Gasteiger partial charge in [-0.05, 0) is 0 Å². The highest BCUT2D eigenvalue weighted by Crippen LogP contribution is 2.08. The van der Waals surface area contributed by atoms with Crippen molar-refractivity contribution in [2.45, 2.75) is 0 Å². The second-order valence-electron chi connectivity index (χ2n) is 1.90. The molecule has 1 aliphatic heterocycles. The fourth-order valence-corrected chi connectivity index (χ4v) is 0.591. The number of hydroxylamine groups is 2. The van der Waals surface area contributed by atoms with E-state index in [0.717, 1.165) is 5.06 Å². The van der Waals surface area contributed by atoms with Crippen LogP contribution in [0.5, 0.6) is 0 Å². The Labute approximate surface area is 64.1 Å². The Morgan fingerprint density at radius 2 is 2.55 bits per heavy atom. The van der Waals surface area contributed by atoms with Crippen molar-refractivity contribution in [3.8, 4) is 0 Å². The van der Waals surface area contributed by atoms with Crippen LogP contribution in [0.1, 0.15) is 0 Å². The van der Waals surface area contributed by atoms with Crippen LogP contribution in [0.4, 0.5) is 0 Å². The summed E-state index contributed by atoms with van der Waals surface area (Å²) in [4.78, 5) is 15.7. The van der Waals surface area contributed by atoms with Crippen molar-refractivity contribution >= 4 is 5.91 Å². The van der Waals surface area contributed by atoms with E-state index in [1.807, 2.05) is 0 Å². The molecule has 0 saturated carbocycles. The molecule has 5 heteroatoms. The van der Waals surface area contributed by atoms with Gasteiger partial charge in [-0.2, -0.15) is 0 Å². The van der Waals surface area contributed by atoms with Crippen LogP contribution >= 0.6 is 0 Å². The van der Waals surface area contributed by atoms with Gasteiger partial charge in [0, 0.05) is 7.05 Å². The van der Waals surface area contributed by atoms with E-state index >= 15 is 0 Å². The summed E-state index contributed by atoms with van der Waals surface area (Å²) in [7, 11) is 2.89. The van der Waals surface area contributed by atoms with Crippen LogP contribution in [0, 0.1) is 0 Å². The Morgan fingerprint density at radius 3 is 3.00 bits per heavy atom. The largest absolute Gasteiger partial charge is 0.461 e. The van der Waals surface area contributed by atoms with E-state index in [4.69, 9.17) is 4.74 Å². The van der Waals surface area contributed by atoms with Crippen LogP contribution < -0.4 is 0 Å². The molecular formula is C6H9NO4. The lowest BCUT2D eigenvalue weighted by molar-refractivity contribution is -0.167. The summed E-state index contributed by atoms with van der Waals surface area (Å²) in [6, 6.07) is 0. The van der Waals surface area contributed by atoms with Crippen LogP contribution in [0.25, 0.3) is 0 Å². The molecule has 0 atom stereocenters. The summed E-state index contributed by atoms with van der Waals surface area (Å²) < 4.78 is 9.49. The number of carbonyl (C=O) groups is 1. The molecule has 5 nitrogen and oxygen atoms in total. The molecule has 0 aromatic heterocycles. The molecule has 0 unspecified atom stereocenters. The second kappa shape index (κ2) is 3.25. The molecule has 1 amide bonds. The summed E-state index contributed by atoms with van der Waals surface area (Å²) >= 11 is 0. The van der Waals surface area contributed by atoms with Gasteiger partial charge in [-0.3, -0.25) is 9.63 Å². The average Bonchev–Trinajstić information content (AvgIpc) is 2.53. The van der Waals surface area contributed by atoms with Crippen LogP contribution in [-0.4, -0.2) is 31.9 Å². The maximum Gasteiger partial charge on any atom is 0.315 e. The van der Waals surface area contributed by atoms with Gasteiger partial charge in [-0.25, -0.2) is 5.06 Å². The maximum absolute atomic E-state index is 11.1. The Balaban J connectivity index is 2.53. The first kappa shape index (κ1) is 7.87. The van der Waals surface area contributed by atoms with Gasteiger partial charge in [-0.15, -0.1) is 0 Å². The predicted molar refractivity (Wildman–Crippen MR) is 34.9 cm³/mol. The molecule has 0 bridgehead atoms. The second-order valence-corrected chi connectivity index (χ2v) is 1.90. The van der Waals surface area contributed by atoms with Crippen molar-refractivity contribution in [1.82, 2.24) is 5.06 Å². The van der Waals surface area contributed by atoms with E-state index < -0.39 is 0 Å². The smallest absolute Gasteiger partial charge is 0.315 e.